The van der Waals surface area contributed by atoms with Crippen LogP contribution in [0.15, 0.2) is 48.1 Å². The second-order valence-electron chi connectivity index (χ2n) is 7.82. The third-order valence-corrected chi connectivity index (χ3v) is 4.90. The molecule has 0 saturated heterocycles. The van der Waals surface area contributed by atoms with Gasteiger partial charge in [0.05, 0.1) is 11.2 Å². The van der Waals surface area contributed by atoms with Gasteiger partial charge in [0.2, 0.25) is 0 Å². The first-order chi connectivity index (χ1) is 12.2. The van der Waals surface area contributed by atoms with Crippen LogP contribution < -0.4 is 0 Å². The van der Waals surface area contributed by atoms with Gasteiger partial charge in [0.1, 0.15) is 11.9 Å². The van der Waals surface area contributed by atoms with Crippen molar-refractivity contribution in [2.45, 2.75) is 58.7 Å². The number of aliphatic hydroxyl groups is 1. The minimum atomic E-state index is -0.868. The third kappa shape index (κ3) is 5.73. The predicted molar refractivity (Wildman–Crippen MR) is 103 cm³/mol. The van der Waals surface area contributed by atoms with E-state index >= 15 is 0 Å². The molecule has 1 aliphatic rings. The molecule has 0 radical (unpaired) electrons. The Balaban J connectivity index is 2.28. The van der Waals surface area contributed by atoms with Crippen LogP contribution >= 0.6 is 0 Å². The summed E-state index contributed by atoms with van der Waals surface area (Å²) in [6.07, 6.45) is 7.77. The van der Waals surface area contributed by atoms with Crippen LogP contribution in [-0.2, 0) is 4.74 Å². The molecule has 0 spiro atoms. The number of carbonyl (C=O) groups is 1. The third-order valence-electron chi connectivity index (χ3n) is 4.90. The lowest BCUT2D eigenvalue weighted by Gasteiger charge is -2.30. The molecule has 3 unspecified atom stereocenters. The molecule has 4 heteroatoms. The summed E-state index contributed by atoms with van der Waals surface area (Å²) in [7, 11) is 0. The number of ether oxygens (including phenoxy) is 1. The monoisotopic (exact) mass is 358 g/mol. The normalized spacial score (nSPS) is 30.3. The molecule has 0 heterocycles. The Bertz CT molecular complexity index is 668. The first-order valence-electron chi connectivity index (χ1n) is 9.25. The quantitative estimate of drug-likeness (QED) is 0.611. The SMILES string of the molecule is C/C1=C/CCC(C)(O)/C=C\C(C(C)C)C(OC(=O)c2ccc(O)cc2)C1. The smallest absolute Gasteiger partial charge is 0.338 e. The second kappa shape index (κ2) is 8.54. The van der Waals surface area contributed by atoms with Gasteiger partial charge >= 0.3 is 5.97 Å². The van der Waals surface area contributed by atoms with Crippen LogP contribution in [0, 0.1) is 11.8 Å². The largest absolute Gasteiger partial charge is 0.508 e. The molecular weight excluding hydrogens is 328 g/mol. The van der Waals surface area contributed by atoms with Gasteiger partial charge in [0, 0.05) is 12.3 Å². The summed E-state index contributed by atoms with van der Waals surface area (Å²) in [6, 6.07) is 6.08. The molecule has 1 aromatic carbocycles. The van der Waals surface area contributed by atoms with Gasteiger partial charge in [-0.1, -0.05) is 37.6 Å². The van der Waals surface area contributed by atoms with Gasteiger partial charge < -0.3 is 14.9 Å². The molecular formula is C22H30O4. The predicted octanol–water partition coefficient (Wildman–Crippen LogP) is 4.63. The van der Waals surface area contributed by atoms with E-state index in [1.54, 1.807) is 12.1 Å². The van der Waals surface area contributed by atoms with Gasteiger partial charge in [-0.05, 0) is 56.9 Å². The van der Waals surface area contributed by atoms with Crippen LogP contribution in [-0.4, -0.2) is 27.9 Å². The number of phenolic OH excluding ortho intramolecular Hbond substituents is 1. The zero-order valence-corrected chi connectivity index (χ0v) is 16.1. The summed E-state index contributed by atoms with van der Waals surface area (Å²) in [5.41, 5.74) is 0.706. The van der Waals surface area contributed by atoms with Crippen molar-refractivity contribution in [3.8, 4) is 5.75 Å². The molecule has 26 heavy (non-hydrogen) atoms. The van der Waals surface area contributed by atoms with Crippen LogP contribution in [0.3, 0.4) is 0 Å². The van der Waals surface area contributed by atoms with E-state index in [1.807, 2.05) is 26.0 Å². The highest BCUT2D eigenvalue weighted by molar-refractivity contribution is 5.89. The number of rotatable bonds is 3. The summed E-state index contributed by atoms with van der Waals surface area (Å²) in [4.78, 5) is 12.6. The maximum absolute atomic E-state index is 12.6. The van der Waals surface area contributed by atoms with E-state index in [4.69, 9.17) is 4.74 Å². The lowest BCUT2D eigenvalue weighted by molar-refractivity contribution is 0.0139. The lowest BCUT2D eigenvalue weighted by atomic mass is 9.83. The summed E-state index contributed by atoms with van der Waals surface area (Å²) < 4.78 is 5.87. The van der Waals surface area contributed by atoms with Crippen molar-refractivity contribution in [1.29, 1.82) is 0 Å². The molecule has 1 aliphatic carbocycles. The molecule has 1 aromatic rings. The number of benzene rings is 1. The van der Waals surface area contributed by atoms with Crippen LogP contribution in [0.25, 0.3) is 0 Å². The number of hydrogen-bond donors (Lipinski definition) is 2. The van der Waals surface area contributed by atoms with Gasteiger partial charge in [-0.3, -0.25) is 0 Å². The number of phenols is 1. The van der Waals surface area contributed by atoms with E-state index in [0.29, 0.717) is 18.4 Å². The fourth-order valence-corrected chi connectivity index (χ4v) is 3.25. The number of carbonyl (C=O) groups excluding carboxylic acids is 1. The van der Waals surface area contributed by atoms with Crippen molar-refractivity contribution in [2.24, 2.45) is 11.8 Å². The van der Waals surface area contributed by atoms with Crippen molar-refractivity contribution in [3.63, 3.8) is 0 Å². The average Bonchev–Trinajstić information content (AvgIpc) is 2.54. The molecule has 0 aromatic heterocycles. The first-order valence-corrected chi connectivity index (χ1v) is 9.25. The fraction of sp³-hybridized carbons (Fsp3) is 0.500. The molecule has 142 valence electrons. The Morgan fingerprint density at radius 1 is 1.27 bits per heavy atom. The Morgan fingerprint density at radius 3 is 2.54 bits per heavy atom. The summed E-state index contributed by atoms with van der Waals surface area (Å²) in [5.74, 6) is -0.0224. The van der Waals surface area contributed by atoms with Crippen LogP contribution in [0.1, 0.15) is 57.3 Å². The fourth-order valence-electron chi connectivity index (χ4n) is 3.25. The standard InChI is InChI=1S/C22H30O4/c1-15(2)19-11-13-22(4,25)12-5-6-16(3)14-20(19)26-21(24)17-7-9-18(23)10-8-17/h6-11,13,15,19-20,23,25H,5,12,14H2,1-4H3/b13-11-,16-6-. The van der Waals surface area contributed by atoms with E-state index < -0.39 is 11.6 Å². The molecule has 3 atom stereocenters. The molecule has 0 fully saturated rings. The van der Waals surface area contributed by atoms with Crippen LogP contribution in [0.4, 0.5) is 0 Å². The van der Waals surface area contributed by atoms with Crippen molar-refractivity contribution >= 4 is 5.97 Å². The summed E-state index contributed by atoms with van der Waals surface area (Å²) in [5, 5.41) is 19.9. The van der Waals surface area contributed by atoms with Crippen molar-refractivity contribution in [1.82, 2.24) is 0 Å². The second-order valence-corrected chi connectivity index (χ2v) is 7.82. The van der Waals surface area contributed by atoms with Gasteiger partial charge in [0.15, 0.2) is 0 Å². The van der Waals surface area contributed by atoms with Gasteiger partial charge in [0.25, 0.3) is 0 Å². The Labute approximate surface area is 156 Å². The molecule has 0 saturated carbocycles. The average molecular weight is 358 g/mol. The van der Waals surface area contributed by atoms with Gasteiger partial charge in [-0.15, -0.1) is 0 Å². The molecule has 2 N–H and O–H groups in total. The topological polar surface area (TPSA) is 66.8 Å². The molecule has 4 nitrogen and oxygen atoms in total. The van der Waals surface area contributed by atoms with Crippen molar-refractivity contribution in [3.05, 3.63) is 53.6 Å². The van der Waals surface area contributed by atoms with Crippen molar-refractivity contribution in [2.75, 3.05) is 0 Å². The number of allylic oxidation sites excluding steroid dienone is 1. The van der Waals surface area contributed by atoms with E-state index in [9.17, 15) is 15.0 Å². The molecule has 0 amide bonds. The van der Waals surface area contributed by atoms with Gasteiger partial charge in [-0.2, -0.15) is 0 Å². The molecule has 0 aliphatic heterocycles. The van der Waals surface area contributed by atoms with Crippen molar-refractivity contribution < 1.29 is 19.7 Å². The number of hydrogen-bond acceptors (Lipinski definition) is 4. The highest BCUT2D eigenvalue weighted by atomic mass is 16.5. The van der Waals surface area contributed by atoms with E-state index in [2.05, 4.69) is 19.9 Å². The maximum atomic E-state index is 12.6. The van der Waals surface area contributed by atoms with Crippen LogP contribution in [0.5, 0.6) is 5.75 Å². The first kappa shape index (κ1) is 20.2. The van der Waals surface area contributed by atoms with Crippen LogP contribution in [0.2, 0.25) is 0 Å². The molecule has 0 bridgehead atoms. The maximum Gasteiger partial charge on any atom is 0.338 e. The number of aromatic hydroxyl groups is 1. The van der Waals surface area contributed by atoms with Gasteiger partial charge in [-0.25, -0.2) is 4.79 Å². The zero-order chi connectivity index (χ0) is 19.3. The van der Waals surface area contributed by atoms with E-state index in [1.165, 1.54) is 12.1 Å². The Kier molecular flexibility index (Phi) is 6.65. The highest BCUT2D eigenvalue weighted by Gasteiger charge is 2.29. The minimum absolute atomic E-state index is 0.00369. The summed E-state index contributed by atoms with van der Waals surface area (Å²) in [6.45, 7) is 8.04. The van der Waals surface area contributed by atoms with E-state index in [-0.39, 0.29) is 23.7 Å². The Morgan fingerprint density at radius 2 is 1.92 bits per heavy atom. The minimum Gasteiger partial charge on any atom is -0.508 e. The zero-order valence-electron chi connectivity index (χ0n) is 16.1. The summed E-state index contributed by atoms with van der Waals surface area (Å²) >= 11 is 0. The lowest BCUT2D eigenvalue weighted by Crippen LogP contribution is -2.31. The van der Waals surface area contributed by atoms with E-state index in [0.717, 1.165) is 12.0 Å². The molecule has 2 rings (SSSR count). The highest BCUT2D eigenvalue weighted by Crippen LogP contribution is 2.29. The Hall–Kier alpha value is -2.07. The number of esters is 1.